The molecule has 8 heteroatoms. The number of aliphatic imine (C=N–C) groups is 1. The van der Waals surface area contributed by atoms with Crippen molar-refractivity contribution in [1.82, 2.24) is 9.80 Å². The lowest BCUT2D eigenvalue weighted by atomic mass is 9.32. The molecule has 2 bridgehead atoms. The molecule has 3 saturated carbocycles. The first-order valence-corrected chi connectivity index (χ1v) is 17.7. The Hall–Kier alpha value is -2.22. The number of ketones is 1. The summed E-state index contributed by atoms with van der Waals surface area (Å²) in [5.41, 5.74) is -1.40. The third kappa shape index (κ3) is 3.99. The fourth-order valence-electron chi connectivity index (χ4n) is 11.8. The van der Waals surface area contributed by atoms with Gasteiger partial charge in [0.25, 0.3) is 0 Å². The molecule has 4 fully saturated rings. The molecule has 2 aliphatic heterocycles. The maximum Gasteiger partial charge on any atom is 0.196 e. The molecule has 8 atom stereocenters. The summed E-state index contributed by atoms with van der Waals surface area (Å²) >= 11 is 6.46. The van der Waals surface area contributed by atoms with Crippen molar-refractivity contribution in [2.75, 3.05) is 32.7 Å². The highest BCUT2D eigenvalue weighted by molar-refractivity contribution is 6.31. The van der Waals surface area contributed by atoms with Gasteiger partial charge in [-0.05, 0) is 87.2 Å². The van der Waals surface area contributed by atoms with Crippen LogP contribution in [0.2, 0.25) is 5.02 Å². The van der Waals surface area contributed by atoms with E-state index in [0.717, 1.165) is 82.7 Å². The van der Waals surface area contributed by atoms with E-state index in [9.17, 15) is 15.0 Å². The van der Waals surface area contributed by atoms with Gasteiger partial charge in [0.2, 0.25) is 0 Å². The van der Waals surface area contributed by atoms with Gasteiger partial charge in [-0.25, -0.2) is 4.39 Å². The fraction of sp³-hybridized carbons (Fsp3) is 0.676. The van der Waals surface area contributed by atoms with Crippen LogP contribution in [0.1, 0.15) is 77.2 Å². The van der Waals surface area contributed by atoms with E-state index in [4.69, 9.17) is 16.6 Å². The van der Waals surface area contributed by atoms with Crippen LogP contribution in [0.25, 0.3) is 0 Å². The van der Waals surface area contributed by atoms with E-state index in [1.54, 1.807) is 12.1 Å². The zero-order chi connectivity index (χ0) is 31.4. The number of hydrogen-bond acceptors (Lipinski definition) is 6. The molecule has 8 unspecified atom stereocenters. The number of carbonyl (C=O) groups is 1. The standard InChI is InChI=1S/C37H47ClFN3O3/c1-33-11-8-24(43)21-35(33)14-15-37(26(22-35)29(44)20-25-27(38)6-3-7-28(25)39)30(33)9-12-34(2)31(37)10-13-36(34,45)23-42-19-5-18-41-17-4-16-40-32(41)42/h3,6-7,14-15,22,24,30-31,43,45H,4-5,8-13,16-21,23H2,1-2H3. The number of fused-ring (bicyclic) bond motifs is 2. The monoisotopic (exact) mass is 635 g/mol. The SMILES string of the molecule is CC12CCC(O)CC13C=CC1(C(C(=O)Cc4c(F)cccc4Cl)=C3)C2CCC2(C)C1CCC2(O)CN1CCCN2CCCN=C21. The smallest absolute Gasteiger partial charge is 0.196 e. The second kappa shape index (κ2) is 10.1. The van der Waals surface area contributed by atoms with E-state index >= 15 is 4.39 Å². The van der Waals surface area contributed by atoms with E-state index < -0.39 is 33.8 Å². The molecule has 45 heavy (non-hydrogen) atoms. The van der Waals surface area contributed by atoms with Crippen LogP contribution in [0.5, 0.6) is 0 Å². The second-order valence-electron chi connectivity index (χ2n) is 15.9. The predicted molar refractivity (Wildman–Crippen MR) is 173 cm³/mol. The molecule has 2 heterocycles. The molecule has 2 spiro atoms. The Labute approximate surface area is 271 Å². The van der Waals surface area contributed by atoms with Crippen molar-refractivity contribution < 1.29 is 19.4 Å². The zero-order valence-electron chi connectivity index (χ0n) is 26.7. The number of allylic oxidation sites excluding steroid dienone is 4. The summed E-state index contributed by atoms with van der Waals surface area (Å²) in [7, 11) is 0. The van der Waals surface area contributed by atoms with Gasteiger partial charge in [0.1, 0.15) is 5.82 Å². The summed E-state index contributed by atoms with van der Waals surface area (Å²) in [5, 5.41) is 24.0. The number of aliphatic hydroxyl groups excluding tert-OH is 1. The summed E-state index contributed by atoms with van der Waals surface area (Å²) in [4.78, 5) is 24.3. The van der Waals surface area contributed by atoms with Crippen LogP contribution in [0.3, 0.4) is 0 Å². The third-order valence-electron chi connectivity index (χ3n) is 14.1. The van der Waals surface area contributed by atoms with Crippen molar-refractivity contribution in [3.63, 3.8) is 0 Å². The summed E-state index contributed by atoms with van der Waals surface area (Å²) in [5.74, 6) is 0.776. The Bertz CT molecular complexity index is 1510. The Morgan fingerprint density at radius 3 is 2.62 bits per heavy atom. The van der Waals surface area contributed by atoms with Gasteiger partial charge in [-0.1, -0.05) is 49.7 Å². The van der Waals surface area contributed by atoms with E-state index in [2.05, 4.69) is 41.9 Å². The molecule has 2 N–H and O–H groups in total. The van der Waals surface area contributed by atoms with Crippen LogP contribution in [-0.2, 0) is 11.2 Å². The van der Waals surface area contributed by atoms with Gasteiger partial charge >= 0.3 is 0 Å². The predicted octanol–water partition coefficient (Wildman–Crippen LogP) is 5.95. The summed E-state index contributed by atoms with van der Waals surface area (Å²) in [6.45, 7) is 9.04. The van der Waals surface area contributed by atoms with Crippen LogP contribution >= 0.6 is 11.6 Å². The van der Waals surface area contributed by atoms with E-state index in [-0.39, 0.29) is 40.0 Å². The number of rotatable bonds is 5. The number of carbonyl (C=O) groups excluding carboxylic acids is 1. The number of hydrogen-bond donors (Lipinski definition) is 2. The molecule has 8 aliphatic rings. The number of benzene rings is 1. The molecule has 0 radical (unpaired) electrons. The van der Waals surface area contributed by atoms with Crippen molar-refractivity contribution in [2.24, 2.45) is 38.5 Å². The van der Waals surface area contributed by atoms with Gasteiger partial charge < -0.3 is 20.0 Å². The van der Waals surface area contributed by atoms with Gasteiger partial charge in [0.05, 0.1) is 18.2 Å². The number of guanidine groups is 1. The summed E-state index contributed by atoms with van der Waals surface area (Å²) < 4.78 is 15.0. The third-order valence-corrected chi connectivity index (χ3v) is 14.5. The maximum atomic E-state index is 15.0. The summed E-state index contributed by atoms with van der Waals surface area (Å²) in [6, 6.07) is 4.60. The minimum Gasteiger partial charge on any atom is -0.393 e. The number of nitrogens with zero attached hydrogens (tertiary/aromatic N) is 3. The van der Waals surface area contributed by atoms with Gasteiger partial charge in [-0.15, -0.1) is 0 Å². The molecule has 1 aromatic carbocycles. The first-order valence-electron chi connectivity index (χ1n) is 17.3. The largest absolute Gasteiger partial charge is 0.393 e. The number of halogens is 2. The molecule has 6 aliphatic carbocycles. The highest BCUT2D eigenvalue weighted by Gasteiger charge is 2.74. The first-order chi connectivity index (χ1) is 21.5. The van der Waals surface area contributed by atoms with Gasteiger partial charge in [0, 0.05) is 65.0 Å². The topological polar surface area (TPSA) is 76.4 Å². The minimum absolute atomic E-state index is 0.0625. The normalized spacial score (nSPS) is 43.2. The van der Waals surface area contributed by atoms with E-state index in [0.29, 0.717) is 19.4 Å². The molecule has 1 aromatic rings. The van der Waals surface area contributed by atoms with Crippen molar-refractivity contribution >= 4 is 23.3 Å². The van der Waals surface area contributed by atoms with E-state index in [1.807, 2.05) is 0 Å². The Morgan fingerprint density at radius 1 is 1.04 bits per heavy atom. The van der Waals surface area contributed by atoms with Crippen molar-refractivity contribution in [3.8, 4) is 0 Å². The lowest BCUT2D eigenvalue weighted by Gasteiger charge is -2.71. The molecule has 0 aromatic heterocycles. The Morgan fingerprint density at radius 2 is 1.80 bits per heavy atom. The molecule has 242 valence electrons. The Balaban J connectivity index is 1.21. The van der Waals surface area contributed by atoms with Crippen LogP contribution < -0.4 is 0 Å². The second-order valence-corrected chi connectivity index (χ2v) is 16.3. The van der Waals surface area contributed by atoms with Gasteiger partial charge in [-0.3, -0.25) is 9.79 Å². The highest BCUT2D eigenvalue weighted by atomic mass is 35.5. The zero-order valence-corrected chi connectivity index (χ0v) is 27.5. The molecular formula is C37H47ClFN3O3. The highest BCUT2D eigenvalue weighted by Crippen LogP contribution is 2.78. The van der Waals surface area contributed by atoms with Gasteiger partial charge in [-0.2, -0.15) is 0 Å². The number of Topliss-reactive ketones (excluding diaryl/α,β-unsaturated/α-hetero) is 1. The molecule has 0 amide bonds. The average Bonchev–Trinajstić information content (AvgIpc) is 3.29. The lowest BCUT2D eigenvalue weighted by molar-refractivity contribution is -0.177. The Kier molecular flexibility index (Phi) is 6.79. The van der Waals surface area contributed by atoms with Crippen LogP contribution in [0.15, 0.2) is 47.0 Å². The lowest BCUT2D eigenvalue weighted by Crippen LogP contribution is -2.68. The molecule has 1 saturated heterocycles. The quantitative estimate of drug-likeness (QED) is 0.391. The van der Waals surface area contributed by atoms with Crippen molar-refractivity contribution in [2.45, 2.75) is 89.8 Å². The number of aliphatic hydroxyl groups is 2. The van der Waals surface area contributed by atoms with Crippen molar-refractivity contribution in [1.29, 1.82) is 0 Å². The van der Waals surface area contributed by atoms with Crippen LogP contribution in [0.4, 0.5) is 4.39 Å². The van der Waals surface area contributed by atoms with Crippen LogP contribution in [-0.4, -0.2) is 76.2 Å². The first kappa shape index (κ1) is 30.1. The molecule has 9 rings (SSSR count). The fourth-order valence-corrected chi connectivity index (χ4v) is 12.0. The van der Waals surface area contributed by atoms with Crippen LogP contribution in [0, 0.1) is 39.3 Å². The van der Waals surface area contributed by atoms with Crippen molar-refractivity contribution in [3.05, 3.63) is 58.4 Å². The average molecular weight is 636 g/mol. The number of β-amino-alcohol motifs (C(OH)–C–C–N with tert-alkyl or cyclic N) is 1. The van der Waals surface area contributed by atoms with Gasteiger partial charge in [0.15, 0.2) is 11.7 Å². The molecular weight excluding hydrogens is 589 g/mol. The summed E-state index contributed by atoms with van der Waals surface area (Å²) in [6.07, 6.45) is 14.1. The maximum absolute atomic E-state index is 15.0. The molecule has 6 nitrogen and oxygen atoms in total. The van der Waals surface area contributed by atoms with E-state index in [1.165, 1.54) is 6.07 Å². The minimum atomic E-state index is -0.924.